The molecular formula is C7H11ClN4O2. The molecule has 0 radical (unpaired) electrons. The summed E-state index contributed by atoms with van der Waals surface area (Å²) in [5.74, 6) is 0.304. The molecule has 0 aliphatic carbocycles. The summed E-state index contributed by atoms with van der Waals surface area (Å²) in [5.41, 5.74) is 5.75. The molecule has 0 saturated carbocycles. The van der Waals surface area contributed by atoms with E-state index in [-0.39, 0.29) is 24.1 Å². The minimum atomic E-state index is -0.511. The monoisotopic (exact) mass is 218 g/mol. The van der Waals surface area contributed by atoms with E-state index < -0.39 is 6.04 Å². The third-order valence-corrected chi connectivity index (χ3v) is 1.92. The fraction of sp³-hybridized carbons (Fsp3) is 0.429. The van der Waals surface area contributed by atoms with Crippen molar-refractivity contribution in [1.82, 2.24) is 9.97 Å². The largest absolute Gasteiger partial charge is 0.394 e. The molecule has 7 heteroatoms. The fourth-order valence-corrected chi connectivity index (χ4v) is 0.965. The van der Waals surface area contributed by atoms with Crippen LogP contribution in [0.5, 0.6) is 0 Å². The van der Waals surface area contributed by atoms with Gasteiger partial charge in [0.2, 0.25) is 0 Å². The molecule has 14 heavy (non-hydrogen) atoms. The molecule has 0 aromatic carbocycles. The van der Waals surface area contributed by atoms with Crippen LogP contribution in [0.1, 0.15) is 0 Å². The van der Waals surface area contributed by atoms with Crippen LogP contribution in [0, 0.1) is 0 Å². The van der Waals surface area contributed by atoms with Crippen LogP contribution in [0.4, 0.5) is 11.5 Å². The van der Waals surface area contributed by atoms with E-state index in [0.29, 0.717) is 5.82 Å². The van der Waals surface area contributed by atoms with Crippen LogP contribution < -0.4 is 11.1 Å². The second kappa shape index (κ2) is 4.94. The predicted molar refractivity (Wildman–Crippen MR) is 53.0 cm³/mol. The Hall–Kier alpha value is -1.11. The van der Waals surface area contributed by atoms with Crippen molar-refractivity contribution in [2.24, 2.45) is 0 Å². The molecule has 0 aliphatic heterocycles. The zero-order valence-corrected chi connectivity index (χ0v) is 8.07. The lowest BCUT2D eigenvalue weighted by Crippen LogP contribution is -2.28. The predicted octanol–water partition coefficient (Wildman–Crippen LogP) is -0.523. The van der Waals surface area contributed by atoms with Crippen molar-refractivity contribution in [3.8, 4) is 0 Å². The average molecular weight is 219 g/mol. The van der Waals surface area contributed by atoms with Gasteiger partial charge in [0.05, 0.1) is 19.3 Å². The zero-order chi connectivity index (χ0) is 10.6. The molecule has 0 spiro atoms. The third-order valence-electron chi connectivity index (χ3n) is 1.62. The number of nitrogen functional groups attached to an aromatic ring is 1. The van der Waals surface area contributed by atoms with Gasteiger partial charge in [-0.25, -0.2) is 9.97 Å². The molecule has 6 nitrogen and oxygen atoms in total. The van der Waals surface area contributed by atoms with Gasteiger partial charge in [0, 0.05) is 0 Å². The Balaban J connectivity index is 2.80. The Kier molecular flexibility index (Phi) is 3.87. The molecule has 0 unspecified atom stereocenters. The quantitative estimate of drug-likeness (QED) is 0.507. The number of nitrogens with zero attached hydrogens (tertiary/aromatic N) is 2. The molecule has 78 valence electrons. The lowest BCUT2D eigenvalue weighted by atomic mass is 10.3. The lowest BCUT2D eigenvalue weighted by Gasteiger charge is -2.15. The maximum atomic E-state index is 8.81. The highest BCUT2D eigenvalue weighted by molar-refractivity contribution is 6.32. The number of nitrogens with two attached hydrogens (primary N) is 1. The maximum Gasteiger partial charge on any atom is 0.157 e. The average Bonchev–Trinajstić information content (AvgIpc) is 2.20. The van der Waals surface area contributed by atoms with Crippen LogP contribution in [-0.2, 0) is 0 Å². The number of hydrogen-bond donors (Lipinski definition) is 4. The molecule has 0 atom stereocenters. The highest BCUT2D eigenvalue weighted by Crippen LogP contribution is 2.22. The first-order chi connectivity index (χ1) is 6.69. The van der Waals surface area contributed by atoms with E-state index in [1.54, 1.807) is 0 Å². The van der Waals surface area contributed by atoms with E-state index >= 15 is 0 Å². The summed E-state index contributed by atoms with van der Waals surface area (Å²) in [7, 11) is 0. The molecule has 1 aromatic heterocycles. The number of hydrogen-bond acceptors (Lipinski definition) is 6. The minimum Gasteiger partial charge on any atom is -0.394 e. The van der Waals surface area contributed by atoms with Gasteiger partial charge in [-0.1, -0.05) is 11.6 Å². The Morgan fingerprint density at radius 2 is 2.07 bits per heavy atom. The van der Waals surface area contributed by atoms with Crippen molar-refractivity contribution in [2.45, 2.75) is 6.04 Å². The molecule has 1 rings (SSSR count). The number of nitrogens with one attached hydrogen (secondary N) is 1. The Bertz CT molecular complexity index is 306. The van der Waals surface area contributed by atoms with Gasteiger partial charge in [-0.2, -0.15) is 0 Å². The number of aliphatic hydroxyl groups excluding tert-OH is 2. The second-order valence-corrected chi connectivity index (χ2v) is 2.99. The van der Waals surface area contributed by atoms with Gasteiger partial charge in [0.1, 0.15) is 12.0 Å². The highest BCUT2D eigenvalue weighted by Gasteiger charge is 2.10. The van der Waals surface area contributed by atoms with Gasteiger partial charge < -0.3 is 21.3 Å². The van der Waals surface area contributed by atoms with Gasteiger partial charge in [-0.15, -0.1) is 0 Å². The van der Waals surface area contributed by atoms with E-state index in [2.05, 4.69) is 15.3 Å². The van der Waals surface area contributed by atoms with Crippen LogP contribution in [-0.4, -0.2) is 39.4 Å². The van der Waals surface area contributed by atoms with Gasteiger partial charge in [0.25, 0.3) is 0 Å². The number of anilines is 2. The Labute approximate surface area is 85.7 Å². The van der Waals surface area contributed by atoms with Gasteiger partial charge in [-0.05, 0) is 0 Å². The van der Waals surface area contributed by atoms with E-state index in [1.165, 1.54) is 6.33 Å². The van der Waals surface area contributed by atoms with Crippen molar-refractivity contribution in [3.05, 3.63) is 11.5 Å². The van der Waals surface area contributed by atoms with Crippen LogP contribution in [0.15, 0.2) is 6.33 Å². The standard InChI is InChI=1S/C7H11ClN4O2/c8-6-5(9)7(11-3-10-6)12-4(1-13)2-14/h3-4,13-14H,1-2,9H2,(H,10,11,12). The van der Waals surface area contributed by atoms with Gasteiger partial charge in [-0.3, -0.25) is 0 Å². The van der Waals surface area contributed by atoms with Crippen LogP contribution >= 0.6 is 11.6 Å². The maximum absolute atomic E-state index is 8.81. The van der Waals surface area contributed by atoms with Crippen LogP contribution in [0.3, 0.4) is 0 Å². The number of rotatable bonds is 4. The molecule has 1 heterocycles. The van der Waals surface area contributed by atoms with Crippen molar-refractivity contribution in [1.29, 1.82) is 0 Å². The van der Waals surface area contributed by atoms with E-state index in [0.717, 1.165) is 0 Å². The molecule has 0 fully saturated rings. The molecule has 0 bridgehead atoms. The first-order valence-electron chi connectivity index (χ1n) is 3.93. The smallest absolute Gasteiger partial charge is 0.157 e. The minimum absolute atomic E-state index is 0.136. The van der Waals surface area contributed by atoms with Crippen molar-refractivity contribution >= 4 is 23.1 Å². The van der Waals surface area contributed by atoms with Crippen LogP contribution in [0.2, 0.25) is 5.15 Å². The van der Waals surface area contributed by atoms with E-state index in [9.17, 15) is 0 Å². The molecule has 0 saturated heterocycles. The first-order valence-corrected chi connectivity index (χ1v) is 4.31. The summed E-state index contributed by atoms with van der Waals surface area (Å²) in [6.45, 7) is -0.449. The molecule has 5 N–H and O–H groups in total. The summed E-state index contributed by atoms with van der Waals surface area (Å²) in [6, 6.07) is -0.511. The zero-order valence-electron chi connectivity index (χ0n) is 7.31. The summed E-state index contributed by atoms with van der Waals surface area (Å²) in [5, 5.41) is 20.5. The highest BCUT2D eigenvalue weighted by atomic mass is 35.5. The second-order valence-electron chi connectivity index (χ2n) is 2.63. The molecular weight excluding hydrogens is 208 g/mol. The third kappa shape index (κ3) is 2.44. The lowest BCUT2D eigenvalue weighted by molar-refractivity contribution is 0.203. The number of aromatic nitrogens is 2. The summed E-state index contributed by atoms with van der Waals surface area (Å²) in [4.78, 5) is 7.48. The number of halogens is 1. The fourth-order valence-electron chi connectivity index (χ4n) is 0.831. The molecule has 1 aromatic rings. The molecule has 0 amide bonds. The first kappa shape index (κ1) is 11.0. The normalized spacial score (nSPS) is 10.6. The van der Waals surface area contributed by atoms with Crippen molar-refractivity contribution in [2.75, 3.05) is 24.3 Å². The summed E-state index contributed by atoms with van der Waals surface area (Å²) in [6.07, 6.45) is 1.24. The SMILES string of the molecule is Nc1c(Cl)ncnc1NC(CO)CO. The summed E-state index contributed by atoms with van der Waals surface area (Å²) >= 11 is 5.64. The Morgan fingerprint density at radius 1 is 1.43 bits per heavy atom. The Morgan fingerprint density at radius 3 is 2.64 bits per heavy atom. The van der Waals surface area contributed by atoms with E-state index in [1.807, 2.05) is 0 Å². The number of aliphatic hydroxyl groups is 2. The van der Waals surface area contributed by atoms with E-state index in [4.69, 9.17) is 27.5 Å². The van der Waals surface area contributed by atoms with Crippen molar-refractivity contribution < 1.29 is 10.2 Å². The van der Waals surface area contributed by atoms with Crippen LogP contribution in [0.25, 0.3) is 0 Å². The molecule has 0 aliphatic rings. The van der Waals surface area contributed by atoms with Gasteiger partial charge in [0.15, 0.2) is 11.0 Å². The topological polar surface area (TPSA) is 104 Å². The van der Waals surface area contributed by atoms with Gasteiger partial charge >= 0.3 is 0 Å². The van der Waals surface area contributed by atoms with Crippen molar-refractivity contribution in [3.63, 3.8) is 0 Å². The summed E-state index contributed by atoms with van der Waals surface area (Å²) < 4.78 is 0.